The number of methoxy groups -OCH3 is 2. The van der Waals surface area contributed by atoms with Crippen LogP contribution in [-0.4, -0.2) is 14.2 Å². The zero-order chi connectivity index (χ0) is 14.4. The van der Waals surface area contributed by atoms with Gasteiger partial charge in [-0.15, -0.1) is 0 Å². The van der Waals surface area contributed by atoms with Crippen molar-refractivity contribution in [2.75, 3.05) is 14.2 Å². The molecule has 0 bridgehead atoms. The standard InChI is InChI=1S/C14H11BrO5/c1-6-4-8(16)10-11(17-2)9-7(15)5-19-12(9)14(18-3)13(10)20-6/h4-5H,1-3H3. The molecule has 5 nitrogen and oxygen atoms in total. The highest BCUT2D eigenvalue weighted by Crippen LogP contribution is 2.45. The first-order valence-corrected chi connectivity index (χ1v) is 6.62. The van der Waals surface area contributed by atoms with Gasteiger partial charge in [0, 0.05) is 6.07 Å². The van der Waals surface area contributed by atoms with E-state index < -0.39 is 0 Å². The lowest BCUT2D eigenvalue weighted by Gasteiger charge is -2.10. The fourth-order valence-electron chi connectivity index (χ4n) is 2.32. The maximum Gasteiger partial charge on any atom is 0.206 e. The van der Waals surface area contributed by atoms with Crippen molar-refractivity contribution in [3.05, 3.63) is 32.8 Å². The van der Waals surface area contributed by atoms with Gasteiger partial charge in [0.25, 0.3) is 0 Å². The summed E-state index contributed by atoms with van der Waals surface area (Å²) in [5.74, 6) is 1.28. The molecule has 0 aliphatic rings. The van der Waals surface area contributed by atoms with Crippen LogP contribution in [0.5, 0.6) is 11.5 Å². The lowest BCUT2D eigenvalue weighted by atomic mass is 10.1. The maximum absolute atomic E-state index is 12.3. The zero-order valence-electron chi connectivity index (χ0n) is 11.1. The smallest absolute Gasteiger partial charge is 0.206 e. The number of ether oxygens (including phenoxy) is 2. The summed E-state index contributed by atoms with van der Waals surface area (Å²) >= 11 is 3.38. The van der Waals surface area contributed by atoms with Crippen LogP contribution in [0.3, 0.4) is 0 Å². The molecule has 0 spiro atoms. The number of halogens is 1. The molecule has 0 aliphatic carbocycles. The number of furan rings is 1. The van der Waals surface area contributed by atoms with Crippen molar-refractivity contribution in [3.8, 4) is 11.5 Å². The Balaban J connectivity index is 2.71. The molecule has 3 rings (SSSR count). The highest BCUT2D eigenvalue weighted by Gasteiger charge is 2.24. The van der Waals surface area contributed by atoms with Gasteiger partial charge in [0.05, 0.1) is 24.1 Å². The van der Waals surface area contributed by atoms with Gasteiger partial charge in [-0.25, -0.2) is 0 Å². The molecule has 104 valence electrons. The Labute approximate surface area is 122 Å². The van der Waals surface area contributed by atoms with Gasteiger partial charge in [-0.3, -0.25) is 4.79 Å². The minimum absolute atomic E-state index is 0.186. The Hall–Kier alpha value is -1.95. The summed E-state index contributed by atoms with van der Waals surface area (Å²) in [5, 5.41) is 0.984. The second-order valence-electron chi connectivity index (χ2n) is 4.28. The number of aryl methyl sites for hydroxylation is 1. The predicted molar refractivity (Wildman–Crippen MR) is 77.8 cm³/mol. The molecule has 0 N–H and O–H groups in total. The lowest BCUT2D eigenvalue weighted by Crippen LogP contribution is -2.04. The first-order valence-electron chi connectivity index (χ1n) is 5.83. The highest BCUT2D eigenvalue weighted by atomic mass is 79.9. The molecule has 0 amide bonds. The topological polar surface area (TPSA) is 61.8 Å². The van der Waals surface area contributed by atoms with Gasteiger partial charge < -0.3 is 18.3 Å². The first kappa shape index (κ1) is 13.1. The summed E-state index contributed by atoms with van der Waals surface area (Å²) in [6, 6.07) is 1.42. The molecule has 0 aliphatic heterocycles. The van der Waals surface area contributed by atoms with Gasteiger partial charge >= 0.3 is 0 Å². The van der Waals surface area contributed by atoms with E-state index in [1.807, 2.05) is 0 Å². The van der Waals surface area contributed by atoms with Crippen LogP contribution in [0.4, 0.5) is 0 Å². The van der Waals surface area contributed by atoms with E-state index in [4.69, 9.17) is 18.3 Å². The van der Waals surface area contributed by atoms with Crippen LogP contribution in [0.15, 0.2) is 30.4 Å². The zero-order valence-corrected chi connectivity index (χ0v) is 12.7. The van der Waals surface area contributed by atoms with Gasteiger partial charge in [0.15, 0.2) is 16.6 Å². The lowest BCUT2D eigenvalue weighted by molar-refractivity contribution is 0.398. The number of hydrogen-bond acceptors (Lipinski definition) is 5. The van der Waals surface area contributed by atoms with Crippen LogP contribution in [0.1, 0.15) is 5.76 Å². The van der Waals surface area contributed by atoms with Crippen LogP contribution >= 0.6 is 15.9 Å². The Kier molecular flexibility index (Phi) is 2.97. The number of hydrogen-bond donors (Lipinski definition) is 0. The molecule has 20 heavy (non-hydrogen) atoms. The second-order valence-corrected chi connectivity index (χ2v) is 5.13. The molecule has 0 saturated heterocycles. The molecule has 6 heteroatoms. The fraction of sp³-hybridized carbons (Fsp3) is 0.214. The van der Waals surface area contributed by atoms with Crippen LogP contribution in [-0.2, 0) is 0 Å². The minimum Gasteiger partial charge on any atom is -0.495 e. The van der Waals surface area contributed by atoms with Crippen LogP contribution < -0.4 is 14.9 Å². The third-order valence-corrected chi connectivity index (χ3v) is 3.68. The number of benzene rings is 1. The summed E-state index contributed by atoms with van der Waals surface area (Å²) in [7, 11) is 3.00. The van der Waals surface area contributed by atoms with Crippen molar-refractivity contribution >= 4 is 37.9 Å². The summed E-state index contributed by atoms with van der Waals surface area (Å²) in [6.45, 7) is 1.70. The molecule has 2 heterocycles. The van der Waals surface area contributed by atoms with E-state index >= 15 is 0 Å². The van der Waals surface area contributed by atoms with Gasteiger partial charge in [-0.1, -0.05) is 0 Å². The second kappa shape index (κ2) is 4.56. The van der Waals surface area contributed by atoms with Crippen molar-refractivity contribution in [3.63, 3.8) is 0 Å². The van der Waals surface area contributed by atoms with E-state index in [0.29, 0.717) is 43.7 Å². The van der Waals surface area contributed by atoms with Crippen molar-refractivity contribution in [2.45, 2.75) is 6.92 Å². The van der Waals surface area contributed by atoms with E-state index in [1.54, 1.807) is 6.92 Å². The summed E-state index contributed by atoms with van der Waals surface area (Å²) < 4.78 is 22.6. The summed E-state index contributed by atoms with van der Waals surface area (Å²) in [6.07, 6.45) is 1.52. The molecule has 0 fully saturated rings. The normalized spacial score (nSPS) is 11.2. The Bertz CT molecular complexity index is 875. The van der Waals surface area contributed by atoms with E-state index in [0.717, 1.165) is 0 Å². The predicted octanol–water partition coefficient (Wildman–Crippen LogP) is 3.63. The Morgan fingerprint density at radius 1 is 1.10 bits per heavy atom. The van der Waals surface area contributed by atoms with Crippen LogP contribution in [0, 0.1) is 6.92 Å². The van der Waals surface area contributed by atoms with Gasteiger partial charge in [-0.2, -0.15) is 0 Å². The molecule has 1 aromatic carbocycles. The van der Waals surface area contributed by atoms with Gasteiger partial charge in [0.2, 0.25) is 5.75 Å². The molecule has 0 saturated carbocycles. The van der Waals surface area contributed by atoms with Crippen LogP contribution in [0.25, 0.3) is 21.9 Å². The number of rotatable bonds is 2. The molecule has 2 aromatic heterocycles. The molecular weight excluding hydrogens is 328 g/mol. The van der Waals surface area contributed by atoms with Crippen molar-refractivity contribution < 1.29 is 18.3 Å². The van der Waals surface area contributed by atoms with E-state index in [1.165, 1.54) is 26.5 Å². The van der Waals surface area contributed by atoms with E-state index in [-0.39, 0.29) is 5.43 Å². The SMILES string of the molecule is COc1c2occ(Br)c2c(OC)c2c(=O)cc(C)oc12. The van der Waals surface area contributed by atoms with Gasteiger partial charge in [0.1, 0.15) is 23.2 Å². The van der Waals surface area contributed by atoms with Crippen molar-refractivity contribution in [1.29, 1.82) is 0 Å². The molecular formula is C14H11BrO5. The quantitative estimate of drug-likeness (QED) is 0.714. The molecule has 0 unspecified atom stereocenters. The van der Waals surface area contributed by atoms with Crippen molar-refractivity contribution in [2.24, 2.45) is 0 Å². The van der Waals surface area contributed by atoms with Crippen molar-refractivity contribution in [1.82, 2.24) is 0 Å². The molecule has 0 radical (unpaired) electrons. The van der Waals surface area contributed by atoms with E-state index in [2.05, 4.69) is 15.9 Å². The minimum atomic E-state index is -0.186. The molecule has 3 aromatic rings. The van der Waals surface area contributed by atoms with E-state index in [9.17, 15) is 4.79 Å². The number of fused-ring (bicyclic) bond motifs is 2. The molecule has 0 atom stereocenters. The highest BCUT2D eigenvalue weighted by molar-refractivity contribution is 9.10. The summed E-state index contributed by atoms with van der Waals surface area (Å²) in [5.41, 5.74) is 0.607. The maximum atomic E-state index is 12.3. The summed E-state index contributed by atoms with van der Waals surface area (Å²) in [4.78, 5) is 12.3. The third-order valence-electron chi connectivity index (χ3n) is 3.09. The monoisotopic (exact) mass is 338 g/mol. The Morgan fingerprint density at radius 3 is 2.45 bits per heavy atom. The van der Waals surface area contributed by atoms with Crippen LogP contribution in [0.2, 0.25) is 0 Å². The third kappa shape index (κ3) is 1.64. The largest absolute Gasteiger partial charge is 0.495 e. The average molecular weight is 339 g/mol. The average Bonchev–Trinajstić information content (AvgIpc) is 2.78. The fourth-order valence-corrected chi connectivity index (χ4v) is 2.77. The van der Waals surface area contributed by atoms with Gasteiger partial charge in [-0.05, 0) is 22.9 Å². The Morgan fingerprint density at radius 2 is 1.80 bits per heavy atom. The first-order chi connectivity index (χ1) is 9.58.